The third-order valence-corrected chi connectivity index (χ3v) is 4.27. The number of hydrogen-bond acceptors (Lipinski definition) is 4. The fourth-order valence-corrected chi connectivity index (χ4v) is 3.10. The van der Waals surface area contributed by atoms with Crippen LogP contribution in [0.4, 0.5) is 0 Å². The minimum atomic E-state index is -0.284. The Kier molecular flexibility index (Phi) is 4.76. The first-order valence-corrected chi connectivity index (χ1v) is 8.23. The lowest BCUT2D eigenvalue weighted by Gasteiger charge is -2.32. The minimum Gasteiger partial charge on any atom is -0.352 e. The lowest BCUT2D eigenvalue weighted by molar-refractivity contribution is -0.122. The number of nitrogens with zero attached hydrogens (tertiary/aromatic N) is 4. The highest BCUT2D eigenvalue weighted by molar-refractivity contribution is 5.76. The summed E-state index contributed by atoms with van der Waals surface area (Å²) < 4.78 is 2.66. The van der Waals surface area contributed by atoms with Crippen molar-refractivity contribution in [3.8, 4) is 0 Å². The molecular weight excluding hydrogens is 294 g/mol. The topological polar surface area (TPSA) is 71.6 Å². The molecule has 0 radical (unpaired) electrons. The summed E-state index contributed by atoms with van der Waals surface area (Å²) in [5.74, 6) is -0.149. The zero-order chi connectivity index (χ0) is 16.2. The van der Waals surface area contributed by atoms with E-state index in [1.807, 2.05) is 6.07 Å². The molecule has 2 aromatic heterocycles. The Morgan fingerprint density at radius 2 is 2.13 bits per heavy atom. The molecule has 3 heterocycles. The molecule has 1 aliphatic rings. The van der Waals surface area contributed by atoms with E-state index in [4.69, 9.17) is 0 Å². The van der Waals surface area contributed by atoms with E-state index in [0.29, 0.717) is 5.65 Å². The average molecular weight is 317 g/mol. The van der Waals surface area contributed by atoms with Gasteiger partial charge in [-0.05, 0) is 37.9 Å². The van der Waals surface area contributed by atoms with Crippen molar-refractivity contribution >= 4 is 11.6 Å². The van der Waals surface area contributed by atoms with Crippen molar-refractivity contribution in [2.45, 2.75) is 38.8 Å². The van der Waals surface area contributed by atoms with Gasteiger partial charge in [0.1, 0.15) is 6.54 Å². The van der Waals surface area contributed by atoms with E-state index in [1.165, 1.54) is 9.08 Å². The molecule has 3 rings (SSSR count). The molecule has 23 heavy (non-hydrogen) atoms. The van der Waals surface area contributed by atoms with Gasteiger partial charge in [0, 0.05) is 25.3 Å². The molecule has 1 saturated heterocycles. The standard InChI is InChI=1S/C16H23N5O2/c1-2-8-19-10-6-13(7-11-19)17-15(22)12-21-16(23)20-9-4-3-5-14(20)18-21/h3-5,9,13H,2,6-8,10-12H2,1H3,(H,17,22). The van der Waals surface area contributed by atoms with Crippen LogP contribution in [0.25, 0.3) is 5.65 Å². The molecule has 0 aromatic carbocycles. The van der Waals surface area contributed by atoms with E-state index < -0.39 is 0 Å². The molecule has 0 unspecified atom stereocenters. The molecule has 7 nitrogen and oxygen atoms in total. The Morgan fingerprint density at radius 3 is 2.83 bits per heavy atom. The Bertz CT molecular complexity index is 727. The molecule has 2 aromatic rings. The summed E-state index contributed by atoms with van der Waals surface area (Å²) in [5.41, 5.74) is 0.270. The minimum absolute atomic E-state index is 0.0321. The number of amides is 1. The number of fused-ring (bicyclic) bond motifs is 1. The molecule has 1 N–H and O–H groups in total. The summed E-state index contributed by atoms with van der Waals surface area (Å²) >= 11 is 0. The fourth-order valence-electron chi connectivity index (χ4n) is 3.10. The van der Waals surface area contributed by atoms with Gasteiger partial charge in [-0.1, -0.05) is 13.0 Å². The van der Waals surface area contributed by atoms with Crippen LogP contribution in [0.15, 0.2) is 29.2 Å². The van der Waals surface area contributed by atoms with Crippen molar-refractivity contribution in [3.63, 3.8) is 0 Å². The summed E-state index contributed by atoms with van der Waals surface area (Å²) in [6, 6.07) is 5.53. The molecule has 0 bridgehead atoms. The predicted molar refractivity (Wildman–Crippen MR) is 87.3 cm³/mol. The Hall–Kier alpha value is -2.15. The van der Waals surface area contributed by atoms with Gasteiger partial charge < -0.3 is 10.2 Å². The molecule has 0 spiro atoms. The van der Waals surface area contributed by atoms with Crippen molar-refractivity contribution in [1.29, 1.82) is 0 Å². The third-order valence-electron chi connectivity index (χ3n) is 4.27. The highest BCUT2D eigenvalue weighted by atomic mass is 16.2. The van der Waals surface area contributed by atoms with Gasteiger partial charge in [-0.15, -0.1) is 5.10 Å². The maximum atomic E-state index is 12.2. The van der Waals surface area contributed by atoms with Gasteiger partial charge in [0.15, 0.2) is 5.65 Å². The number of aromatic nitrogens is 3. The molecule has 1 fully saturated rings. The van der Waals surface area contributed by atoms with E-state index in [9.17, 15) is 9.59 Å². The van der Waals surface area contributed by atoms with Gasteiger partial charge >= 0.3 is 5.69 Å². The fraction of sp³-hybridized carbons (Fsp3) is 0.562. The van der Waals surface area contributed by atoms with Crippen LogP contribution in [0, 0.1) is 0 Å². The van der Waals surface area contributed by atoms with Gasteiger partial charge in [0.25, 0.3) is 0 Å². The SMILES string of the molecule is CCCN1CCC(NC(=O)Cn2nc3ccccn3c2=O)CC1. The van der Waals surface area contributed by atoms with Crippen LogP contribution in [-0.4, -0.2) is 50.7 Å². The number of nitrogens with one attached hydrogen (secondary N) is 1. The summed E-state index contributed by atoms with van der Waals surface area (Å²) in [5, 5.41) is 7.21. The zero-order valence-corrected chi connectivity index (χ0v) is 13.4. The van der Waals surface area contributed by atoms with E-state index >= 15 is 0 Å². The Labute approximate surface area is 134 Å². The summed E-state index contributed by atoms with van der Waals surface area (Å²) in [6.07, 6.45) is 4.74. The van der Waals surface area contributed by atoms with Crippen molar-refractivity contribution in [2.24, 2.45) is 0 Å². The average Bonchev–Trinajstić information content (AvgIpc) is 2.86. The van der Waals surface area contributed by atoms with Crippen LogP contribution in [0.5, 0.6) is 0 Å². The van der Waals surface area contributed by atoms with Gasteiger partial charge in [0.05, 0.1) is 0 Å². The van der Waals surface area contributed by atoms with Gasteiger partial charge in [-0.2, -0.15) is 0 Å². The second-order valence-electron chi connectivity index (χ2n) is 6.05. The van der Waals surface area contributed by atoms with Crippen LogP contribution in [0.1, 0.15) is 26.2 Å². The van der Waals surface area contributed by atoms with E-state index in [2.05, 4.69) is 22.2 Å². The van der Waals surface area contributed by atoms with E-state index in [1.54, 1.807) is 18.3 Å². The Morgan fingerprint density at radius 1 is 1.35 bits per heavy atom. The number of carbonyl (C=O) groups is 1. The van der Waals surface area contributed by atoms with Crippen LogP contribution >= 0.6 is 0 Å². The quantitative estimate of drug-likeness (QED) is 0.871. The van der Waals surface area contributed by atoms with E-state index in [0.717, 1.165) is 38.9 Å². The summed E-state index contributed by atoms with van der Waals surface area (Å²) in [7, 11) is 0. The van der Waals surface area contributed by atoms with Crippen LogP contribution in [0.3, 0.4) is 0 Å². The number of pyridine rings is 1. The van der Waals surface area contributed by atoms with Crippen molar-refractivity contribution < 1.29 is 4.79 Å². The van der Waals surface area contributed by atoms with Gasteiger partial charge in [0.2, 0.25) is 5.91 Å². The molecular formula is C16H23N5O2. The maximum absolute atomic E-state index is 12.2. The normalized spacial score (nSPS) is 16.7. The second kappa shape index (κ2) is 6.95. The molecule has 7 heteroatoms. The number of piperidine rings is 1. The first kappa shape index (κ1) is 15.7. The highest BCUT2D eigenvalue weighted by Gasteiger charge is 2.20. The largest absolute Gasteiger partial charge is 0.352 e. The maximum Gasteiger partial charge on any atom is 0.350 e. The monoisotopic (exact) mass is 317 g/mol. The summed E-state index contributed by atoms with van der Waals surface area (Å²) in [4.78, 5) is 26.8. The lowest BCUT2D eigenvalue weighted by Crippen LogP contribution is -2.46. The first-order chi connectivity index (χ1) is 11.2. The zero-order valence-electron chi connectivity index (χ0n) is 13.4. The van der Waals surface area contributed by atoms with Crippen LogP contribution < -0.4 is 11.0 Å². The predicted octanol–water partition coefficient (Wildman–Crippen LogP) is 0.487. The number of carbonyl (C=O) groups excluding carboxylic acids is 1. The van der Waals surface area contributed by atoms with Crippen LogP contribution in [0.2, 0.25) is 0 Å². The number of hydrogen-bond donors (Lipinski definition) is 1. The summed E-state index contributed by atoms with van der Waals surface area (Å²) in [6.45, 7) is 5.31. The molecule has 1 aliphatic heterocycles. The lowest BCUT2D eigenvalue weighted by atomic mass is 10.0. The molecule has 124 valence electrons. The van der Waals surface area contributed by atoms with E-state index in [-0.39, 0.29) is 24.2 Å². The van der Waals surface area contributed by atoms with Crippen molar-refractivity contribution in [1.82, 2.24) is 24.4 Å². The Balaban J connectivity index is 1.57. The second-order valence-corrected chi connectivity index (χ2v) is 6.05. The number of likely N-dealkylation sites (tertiary alicyclic amines) is 1. The van der Waals surface area contributed by atoms with Crippen molar-refractivity contribution in [3.05, 3.63) is 34.9 Å². The highest BCUT2D eigenvalue weighted by Crippen LogP contribution is 2.10. The van der Waals surface area contributed by atoms with Crippen LogP contribution in [-0.2, 0) is 11.3 Å². The smallest absolute Gasteiger partial charge is 0.350 e. The first-order valence-electron chi connectivity index (χ1n) is 8.23. The van der Waals surface area contributed by atoms with Crippen molar-refractivity contribution in [2.75, 3.05) is 19.6 Å². The molecule has 0 aliphatic carbocycles. The number of rotatable bonds is 5. The van der Waals surface area contributed by atoms with Gasteiger partial charge in [-0.25, -0.2) is 9.48 Å². The molecule has 0 saturated carbocycles. The third kappa shape index (κ3) is 3.61. The molecule has 0 atom stereocenters. The molecule has 1 amide bonds. The van der Waals surface area contributed by atoms with Gasteiger partial charge in [-0.3, -0.25) is 9.20 Å².